The summed E-state index contributed by atoms with van der Waals surface area (Å²) >= 11 is 0. The summed E-state index contributed by atoms with van der Waals surface area (Å²) in [6.45, 7) is 4.27. The van der Waals surface area contributed by atoms with Crippen molar-refractivity contribution in [1.29, 1.82) is 0 Å². The Bertz CT molecular complexity index is 426. The minimum atomic E-state index is -1.01. The minimum Gasteiger partial charge on any atom is -0.443 e. The molecule has 1 saturated heterocycles. The molecule has 1 aliphatic rings. The topological polar surface area (TPSA) is 119 Å². The average molecular weight is 287 g/mol. The molecule has 0 atom stereocenters. The highest BCUT2D eigenvalue weighted by molar-refractivity contribution is 6.01. The van der Waals surface area contributed by atoms with Crippen LogP contribution in [0.1, 0.15) is 33.6 Å². The summed E-state index contributed by atoms with van der Waals surface area (Å²) in [5, 5.41) is 0.879. The van der Waals surface area contributed by atoms with E-state index in [0.717, 1.165) is 0 Å². The molecular formula is C11H17N3O6. The predicted molar refractivity (Wildman–Crippen MR) is 64.3 cm³/mol. The first-order chi connectivity index (χ1) is 9.10. The van der Waals surface area contributed by atoms with Crippen LogP contribution in [0, 0.1) is 0 Å². The Hall–Kier alpha value is -2.16. The zero-order chi connectivity index (χ0) is 15.5. The quantitative estimate of drug-likeness (QED) is 0.327. The number of carbonyl (C=O) groups excluding carboxylic acids is 4. The van der Waals surface area contributed by atoms with Gasteiger partial charge in [-0.15, -0.1) is 5.06 Å². The molecule has 0 aliphatic carbocycles. The second kappa shape index (κ2) is 5.87. The van der Waals surface area contributed by atoms with E-state index in [0.29, 0.717) is 10.1 Å². The maximum Gasteiger partial charge on any atom is 0.425 e. The third-order valence-electron chi connectivity index (χ3n) is 2.13. The molecule has 9 nitrogen and oxygen atoms in total. The number of amides is 3. The van der Waals surface area contributed by atoms with Crippen molar-refractivity contribution in [3.8, 4) is 0 Å². The number of carbonyl (C=O) groups is 4. The fraction of sp³-hybridized carbons (Fsp3) is 0.636. The molecule has 0 aromatic rings. The van der Waals surface area contributed by atoms with Crippen molar-refractivity contribution in [2.45, 2.75) is 39.2 Å². The number of nitrogens with two attached hydrogens (primary N) is 1. The van der Waals surface area contributed by atoms with Gasteiger partial charge >= 0.3 is 12.1 Å². The van der Waals surface area contributed by atoms with E-state index in [9.17, 15) is 19.2 Å². The van der Waals surface area contributed by atoms with Crippen molar-refractivity contribution >= 4 is 23.9 Å². The van der Waals surface area contributed by atoms with E-state index in [4.69, 9.17) is 10.6 Å². The van der Waals surface area contributed by atoms with E-state index in [1.807, 2.05) is 0 Å². The molecule has 0 spiro atoms. The van der Waals surface area contributed by atoms with Gasteiger partial charge in [-0.25, -0.2) is 20.4 Å². The van der Waals surface area contributed by atoms with Gasteiger partial charge in [0.2, 0.25) is 0 Å². The van der Waals surface area contributed by atoms with E-state index in [1.165, 1.54) is 0 Å². The van der Waals surface area contributed by atoms with E-state index in [-0.39, 0.29) is 12.8 Å². The number of hydrogen-bond donors (Lipinski definition) is 1. The average Bonchev–Trinajstić information content (AvgIpc) is 2.58. The Morgan fingerprint density at radius 2 is 1.75 bits per heavy atom. The van der Waals surface area contributed by atoms with Crippen LogP contribution in [0.2, 0.25) is 0 Å². The van der Waals surface area contributed by atoms with E-state index < -0.39 is 36.0 Å². The Labute approximate surface area is 115 Å². The molecule has 1 rings (SSSR count). The first-order valence-corrected chi connectivity index (χ1v) is 5.92. The second-order valence-electron chi connectivity index (χ2n) is 5.15. The lowest BCUT2D eigenvalue weighted by Gasteiger charge is -2.23. The molecule has 0 saturated carbocycles. The van der Waals surface area contributed by atoms with Crippen molar-refractivity contribution < 1.29 is 28.8 Å². The lowest BCUT2D eigenvalue weighted by atomic mass is 10.2. The molecule has 0 bridgehead atoms. The standard InChI is InChI=1S/C11H17N3O6/c1-11(2,3)19-10(18)13(12)6-9(17)20-14-7(15)4-5-8(14)16/h4-6,12H2,1-3H3. The van der Waals surface area contributed by atoms with Crippen LogP contribution >= 0.6 is 0 Å². The van der Waals surface area contributed by atoms with Crippen molar-refractivity contribution in [3.05, 3.63) is 0 Å². The van der Waals surface area contributed by atoms with Crippen molar-refractivity contribution in [2.24, 2.45) is 5.84 Å². The SMILES string of the molecule is CC(C)(C)OC(=O)N(N)CC(=O)ON1C(=O)CCC1=O. The molecule has 1 heterocycles. The molecule has 9 heteroatoms. The number of ether oxygens (including phenoxy) is 1. The van der Waals surface area contributed by atoms with Crippen LogP contribution in [0.5, 0.6) is 0 Å². The third-order valence-corrected chi connectivity index (χ3v) is 2.13. The maximum absolute atomic E-state index is 11.5. The number of nitrogens with zero attached hydrogens (tertiary/aromatic N) is 2. The Balaban J connectivity index is 2.48. The number of hydrazine groups is 1. The van der Waals surface area contributed by atoms with Gasteiger partial charge < -0.3 is 9.57 Å². The molecule has 3 amide bonds. The van der Waals surface area contributed by atoms with Crippen molar-refractivity contribution in [3.63, 3.8) is 0 Å². The smallest absolute Gasteiger partial charge is 0.425 e. The number of hydrogen-bond acceptors (Lipinski definition) is 7. The third kappa shape index (κ3) is 4.50. The van der Waals surface area contributed by atoms with Crippen molar-refractivity contribution in [2.75, 3.05) is 6.54 Å². The first-order valence-electron chi connectivity index (χ1n) is 5.92. The lowest BCUT2D eigenvalue weighted by molar-refractivity contribution is -0.197. The predicted octanol–water partition coefficient (Wildman–Crippen LogP) is -0.296. The summed E-state index contributed by atoms with van der Waals surface area (Å²) < 4.78 is 4.92. The van der Waals surface area contributed by atoms with Crippen LogP contribution < -0.4 is 5.84 Å². The monoisotopic (exact) mass is 287 g/mol. The highest BCUT2D eigenvalue weighted by atomic mass is 16.7. The molecule has 0 unspecified atom stereocenters. The van der Waals surface area contributed by atoms with Gasteiger partial charge in [0.15, 0.2) is 0 Å². The van der Waals surface area contributed by atoms with Gasteiger partial charge in [-0.3, -0.25) is 9.59 Å². The van der Waals surface area contributed by atoms with Gasteiger partial charge in [-0.2, -0.15) is 0 Å². The Morgan fingerprint density at radius 1 is 1.25 bits per heavy atom. The first kappa shape index (κ1) is 15.9. The molecule has 112 valence electrons. The molecule has 2 N–H and O–H groups in total. The van der Waals surface area contributed by atoms with Gasteiger partial charge in [0.25, 0.3) is 11.8 Å². The van der Waals surface area contributed by atoms with Gasteiger partial charge in [0, 0.05) is 12.8 Å². The number of rotatable bonds is 3. The van der Waals surface area contributed by atoms with Gasteiger partial charge in [-0.05, 0) is 20.8 Å². The fourth-order valence-electron chi connectivity index (χ4n) is 1.31. The molecule has 0 radical (unpaired) electrons. The van der Waals surface area contributed by atoms with Crippen LogP contribution in [-0.4, -0.2) is 46.1 Å². The van der Waals surface area contributed by atoms with Crippen LogP contribution in [0.3, 0.4) is 0 Å². The lowest BCUT2D eigenvalue weighted by Crippen LogP contribution is -2.46. The summed E-state index contributed by atoms with van der Waals surface area (Å²) in [5.41, 5.74) is -0.764. The zero-order valence-corrected chi connectivity index (χ0v) is 11.5. The second-order valence-corrected chi connectivity index (χ2v) is 5.15. The maximum atomic E-state index is 11.5. The van der Waals surface area contributed by atoms with Crippen LogP contribution in [0.4, 0.5) is 4.79 Å². The highest BCUT2D eigenvalue weighted by Gasteiger charge is 2.33. The normalized spacial score (nSPS) is 15.3. The summed E-state index contributed by atoms with van der Waals surface area (Å²) in [4.78, 5) is 49.9. The molecule has 0 aromatic heterocycles. The van der Waals surface area contributed by atoms with Crippen LogP contribution in [-0.2, 0) is 24.0 Å². The summed E-state index contributed by atoms with van der Waals surface area (Å²) in [6, 6.07) is 0. The van der Waals surface area contributed by atoms with E-state index in [1.54, 1.807) is 20.8 Å². The van der Waals surface area contributed by atoms with Crippen LogP contribution in [0.25, 0.3) is 0 Å². The van der Waals surface area contributed by atoms with Crippen LogP contribution in [0.15, 0.2) is 0 Å². The molecule has 1 aliphatic heterocycles. The molecular weight excluding hydrogens is 270 g/mol. The highest BCUT2D eigenvalue weighted by Crippen LogP contribution is 2.12. The Kier molecular flexibility index (Phi) is 4.66. The number of hydroxylamine groups is 2. The molecule has 20 heavy (non-hydrogen) atoms. The number of imide groups is 1. The van der Waals surface area contributed by atoms with Gasteiger partial charge in [0.1, 0.15) is 12.1 Å². The summed E-state index contributed by atoms with van der Waals surface area (Å²) in [7, 11) is 0. The fourth-order valence-corrected chi connectivity index (χ4v) is 1.31. The largest absolute Gasteiger partial charge is 0.443 e. The van der Waals surface area contributed by atoms with Gasteiger partial charge in [-0.1, -0.05) is 0 Å². The Morgan fingerprint density at radius 3 is 2.20 bits per heavy atom. The van der Waals surface area contributed by atoms with E-state index >= 15 is 0 Å². The zero-order valence-electron chi connectivity index (χ0n) is 11.5. The van der Waals surface area contributed by atoms with E-state index in [2.05, 4.69) is 4.84 Å². The molecule has 1 fully saturated rings. The summed E-state index contributed by atoms with van der Waals surface area (Å²) in [6.07, 6.45) is -0.941. The molecule has 0 aromatic carbocycles. The summed E-state index contributed by atoms with van der Waals surface area (Å²) in [5.74, 6) is 3.11. The van der Waals surface area contributed by atoms with Crippen molar-refractivity contribution in [1.82, 2.24) is 10.1 Å². The van der Waals surface area contributed by atoms with Gasteiger partial charge in [0.05, 0.1) is 0 Å². The minimum absolute atomic E-state index is 0.00941.